The summed E-state index contributed by atoms with van der Waals surface area (Å²) in [5.74, 6) is 0.539. The summed E-state index contributed by atoms with van der Waals surface area (Å²) in [6.07, 6.45) is 0. The molecule has 3 heterocycles. The summed E-state index contributed by atoms with van der Waals surface area (Å²) in [4.78, 5) is 18.7. The zero-order valence-corrected chi connectivity index (χ0v) is 18.4. The van der Waals surface area contributed by atoms with Crippen molar-refractivity contribution in [2.45, 2.75) is 0 Å². The van der Waals surface area contributed by atoms with Crippen LogP contribution >= 0.6 is 34.0 Å². The van der Waals surface area contributed by atoms with Crippen LogP contribution in [0.4, 0.5) is 15.4 Å². The first-order chi connectivity index (χ1) is 15.3. The quantitative estimate of drug-likeness (QED) is 0.227. The van der Waals surface area contributed by atoms with Gasteiger partial charge in [0.25, 0.3) is 0 Å². The second-order valence-electron chi connectivity index (χ2n) is 6.65. The molecule has 9 heteroatoms. The molecule has 0 atom stereocenters. The number of hydrogen-bond donors (Lipinski definition) is 2. The Labute approximate surface area is 189 Å². The fraction of sp³-hybridized carbons (Fsp3) is 0. The molecule has 6 nitrogen and oxygen atoms in total. The molecule has 3 aromatic carbocycles. The first-order valence-electron chi connectivity index (χ1n) is 9.50. The van der Waals surface area contributed by atoms with E-state index < -0.39 is 0 Å². The van der Waals surface area contributed by atoms with Gasteiger partial charge in [-0.3, -0.25) is 0 Å². The number of aromatic nitrogens is 3. The maximum atomic E-state index is 4.76. The van der Waals surface area contributed by atoms with Crippen molar-refractivity contribution in [1.82, 2.24) is 15.0 Å². The van der Waals surface area contributed by atoms with Gasteiger partial charge in [-0.2, -0.15) is 4.99 Å². The summed E-state index contributed by atoms with van der Waals surface area (Å²) in [6.45, 7) is 0. The van der Waals surface area contributed by atoms with Gasteiger partial charge in [0.1, 0.15) is 0 Å². The smallest absolute Gasteiger partial charge is 0.213 e. The highest BCUT2D eigenvalue weighted by Gasteiger charge is 2.11. The lowest BCUT2D eigenvalue weighted by atomic mass is 10.3. The van der Waals surface area contributed by atoms with Crippen LogP contribution in [0.25, 0.3) is 30.6 Å². The molecule has 31 heavy (non-hydrogen) atoms. The Morgan fingerprint density at radius 2 is 1.03 bits per heavy atom. The average molecular weight is 459 g/mol. The number of nitrogens with one attached hydrogen (secondary N) is 2. The van der Waals surface area contributed by atoms with Gasteiger partial charge in [0.15, 0.2) is 10.3 Å². The Bertz CT molecular complexity index is 1380. The number of aliphatic imine (C=N–C) groups is 1. The lowest BCUT2D eigenvalue weighted by Crippen LogP contribution is -2.21. The standard InChI is InChI=1S/C22H14N6S3/c1-4-10-16-13(7-1)23-20(29-16)26-19(27-21-24-14-8-2-5-11-17(14)30-21)28-22-25-15-9-3-6-12-18(15)31-22/h1-12H,(H2,23,24,25,26,27,28). The largest absolute Gasteiger partial charge is 0.301 e. The molecule has 0 aliphatic heterocycles. The molecule has 0 amide bonds. The summed E-state index contributed by atoms with van der Waals surface area (Å²) in [5.41, 5.74) is 2.84. The van der Waals surface area contributed by atoms with Gasteiger partial charge in [-0.05, 0) is 36.4 Å². The van der Waals surface area contributed by atoms with Crippen molar-refractivity contribution in [3.63, 3.8) is 0 Å². The lowest BCUT2D eigenvalue weighted by Gasteiger charge is -2.07. The molecule has 0 aliphatic rings. The van der Waals surface area contributed by atoms with Gasteiger partial charge in [-0.25, -0.2) is 15.0 Å². The van der Waals surface area contributed by atoms with Crippen LogP contribution in [-0.4, -0.2) is 20.9 Å². The van der Waals surface area contributed by atoms with Crippen LogP contribution in [0, 0.1) is 0 Å². The zero-order valence-electron chi connectivity index (χ0n) is 15.9. The summed E-state index contributed by atoms with van der Waals surface area (Å²) in [5, 5.41) is 8.85. The molecule has 150 valence electrons. The van der Waals surface area contributed by atoms with E-state index in [2.05, 4.69) is 37.7 Å². The molecule has 0 fully saturated rings. The fourth-order valence-electron chi connectivity index (χ4n) is 3.14. The number of para-hydroxylation sites is 3. The number of anilines is 2. The van der Waals surface area contributed by atoms with Crippen LogP contribution in [0.2, 0.25) is 0 Å². The third-order valence-corrected chi connectivity index (χ3v) is 7.36. The van der Waals surface area contributed by atoms with Crippen molar-refractivity contribution in [2.24, 2.45) is 4.99 Å². The molecule has 0 bridgehead atoms. The first-order valence-corrected chi connectivity index (χ1v) is 11.9. The number of nitrogens with zero attached hydrogens (tertiary/aromatic N) is 4. The summed E-state index contributed by atoms with van der Waals surface area (Å²) in [7, 11) is 0. The van der Waals surface area contributed by atoms with E-state index in [9.17, 15) is 0 Å². The van der Waals surface area contributed by atoms with Crippen LogP contribution in [0.1, 0.15) is 0 Å². The molecule has 0 saturated heterocycles. The van der Waals surface area contributed by atoms with Crippen LogP contribution in [0.5, 0.6) is 0 Å². The Morgan fingerprint density at radius 1 is 0.581 bits per heavy atom. The number of fused-ring (bicyclic) bond motifs is 3. The first kappa shape index (κ1) is 18.4. The highest BCUT2D eigenvalue weighted by molar-refractivity contribution is 7.23. The van der Waals surface area contributed by atoms with Crippen molar-refractivity contribution in [1.29, 1.82) is 0 Å². The van der Waals surface area contributed by atoms with Crippen molar-refractivity contribution in [2.75, 3.05) is 10.6 Å². The van der Waals surface area contributed by atoms with E-state index in [4.69, 9.17) is 4.99 Å². The van der Waals surface area contributed by atoms with Crippen LogP contribution in [0.15, 0.2) is 77.8 Å². The molecular formula is C22H14N6S3. The van der Waals surface area contributed by atoms with Gasteiger partial charge in [-0.15, -0.1) is 0 Å². The predicted molar refractivity (Wildman–Crippen MR) is 133 cm³/mol. The Hall–Kier alpha value is -3.40. The molecule has 6 rings (SSSR count). The molecular weight excluding hydrogens is 444 g/mol. The van der Waals surface area contributed by atoms with Gasteiger partial charge >= 0.3 is 0 Å². The lowest BCUT2D eigenvalue weighted by molar-refractivity contribution is 1.37. The topological polar surface area (TPSA) is 75.1 Å². The summed E-state index contributed by atoms with van der Waals surface area (Å²) < 4.78 is 3.33. The van der Waals surface area contributed by atoms with Gasteiger partial charge in [-0.1, -0.05) is 70.4 Å². The zero-order chi connectivity index (χ0) is 20.6. The van der Waals surface area contributed by atoms with Crippen molar-refractivity contribution in [3.8, 4) is 0 Å². The number of thiazole rings is 3. The van der Waals surface area contributed by atoms with Crippen molar-refractivity contribution in [3.05, 3.63) is 72.8 Å². The molecule has 2 N–H and O–H groups in total. The van der Waals surface area contributed by atoms with E-state index in [1.807, 2.05) is 60.7 Å². The third kappa shape index (κ3) is 3.74. The van der Waals surface area contributed by atoms with Crippen LogP contribution < -0.4 is 10.6 Å². The van der Waals surface area contributed by atoms with Crippen molar-refractivity contribution < 1.29 is 0 Å². The van der Waals surface area contributed by atoms with Gasteiger partial charge < -0.3 is 10.6 Å². The van der Waals surface area contributed by atoms with E-state index in [0.29, 0.717) is 11.1 Å². The van der Waals surface area contributed by atoms with E-state index in [1.165, 1.54) is 0 Å². The maximum absolute atomic E-state index is 4.76. The minimum atomic E-state index is 0.539. The van der Waals surface area contributed by atoms with Crippen LogP contribution in [0.3, 0.4) is 0 Å². The molecule has 6 aromatic rings. The molecule has 3 aromatic heterocycles. The van der Waals surface area contributed by atoms with Crippen LogP contribution in [-0.2, 0) is 0 Å². The molecule has 0 aliphatic carbocycles. The third-order valence-electron chi connectivity index (χ3n) is 4.53. The van der Waals surface area contributed by atoms with E-state index in [1.54, 1.807) is 34.0 Å². The predicted octanol–water partition coefficient (Wildman–Crippen LogP) is 6.73. The fourth-order valence-corrected chi connectivity index (χ4v) is 5.72. The second kappa shape index (κ2) is 7.69. The summed E-state index contributed by atoms with van der Waals surface area (Å²) >= 11 is 4.70. The number of benzene rings is 3. The Morgan fingerprint density at radius 3 is 1.52 bits per heavy atom. The molecule has 0 radical (unpaired) electrons. The van der Waals surface area contributed by atoms with E-state index in [-0.39, 0.29) is 0 Å². The van der Waals surface area contributed by atoms with Gasteiger partial charge in [0.05, 0.1) is 30.6 Å². The average Bonchev–Trinajstić information content (AvgIpc) is 3.48. The highest BCUT2D eigenvalue weighted by atomic mass is 32.1. The minimum Gasteiger partial charge on any atom is -0.301 e. The number of rotatable bonds is 3. The minimum absolute atomic E-state index is 0.539. The Balaban J connectivity index is 1.39. The molecule has 0 spiro atoms. The Kier molecular flexibility index (Phi) is 4.56. The van der Waals surface area contributed by atoms with Gasteiger partial charge in [0, 0.05) is 0 Å². The normalized spacial score (nSPS) is 11.2. The molecule has 0 unspecified atom stereocenters. The maximum Gasteiger partial charge on any atom is 0.213 e. The second-order valence-corrected chi connectivity index (χ2v) is 9.72. The summed E-state index contributed by atoms with van der Waals surface area (Å²) in [6, 6.07) is 24.2. The molecule has 0 saturated carbocycles. The number of hydrogen-bond acceptors (Lipinski definition) is 7. The monoisotopic (exact) mass is 458 g/mol. The highest BCUT2D eigenvalue weighted by Crippen LogP contribution is 2.30. The number of guanidine groups is 1. The van der Waals surface area contributed by atoms with Gasteiger partial charge in [0.2, 0.25) is 11.1 Å². The SMILES string of the molecule is c1ccc2sc(N=C(Nc3nc4ccccc4s3)Nc3nc4ccccc4s3)nc2c1. The van der Waals surface area contributed by atoms with Crippen molar-refractivity contribution >= 4 is 86.0 Å². The van der Waals surface area contributed by atoms with E-state index in [0.717, 1.165) is 40.9 Å². The van der Waals surface area contributed by atoms with E-state index >= 15 is 0 Å².